The minimum Gasteiger partial charge on any atom is -0.493 e. The summed E-state index contributed by atoms with van der Waals surface area (Å²) in [6, 6.07) is 4.17. The Labute approximate surface area is 148 Å². The van der Waals surface area contributed by atoms with Crippen molar-refractivity contribution in [2.75, 3.05) is 26.2 Å². The number of rotatable bonds is 6. The van der Waals surface area contributed by atoms with E-state index in [-0.39, 0.29) is 6.61 Å². The van der Waals surface area contributed by atoms with E-state index in [2.05, 4.69) is 26.6 Å². The van der Waals surface area contributed by atoms with Gasteiger partial charge in [0.05, 0.1) is 32.4 Å². The van der Waals surface area contributed by atoms with Crippen molar-refractivity contribution in [3.63, 3.8) is 0 Å². The van der Waals surface area contributed by atoms with Crippen molar-refractivity contribution in [3.8, 4) is 11.5 Å². The number of nitrogens with one attached hydrogen (secondary N) is 2. The molecule has 8 heteroatoms. The van der Waals surface area contributed by atoms with Gasteiger partial charge in [-0.25, -0.2) is 9.59 Å². The topological polar surface area (TPSA) is 85.9 Å². The van der Waals surface area contributed by atoms with Crippen LogP contribution in [0.5, 0.6) is 11.5 Å². The van der Waals surface area contributed by atoms with E-state index >= 15 is 0 Å². The maximum atomic E-state index is 12.4. The molecule has 0 saturated heterocycles. The average Bonchev–Trinajstić information content (AvgIpc) is 2.60. The molecule has 1 aromatic carbocycles. The van der Waals surface area contributed by atoms with Gasteiger partial charge in [0.15, 0.2) is 11.5 Å². The first-order chi connectivity index (χ1) is 11.5. The van der Waals surface area contributed by atoms with Crippen molar-refractivity contribution in [2.45, 2.75) is 13.0 Å². The Balaban J connectivity index is 2.52. The molecule has 2 rings (SSSR count). The molecule has 0 bridgehead atoms. The molecular weight excluding hydrogens is 380 g/mol. The zero-order chi connectivity index (χ0) is 17.7. The van der Waals surface area contributed by atoms with Crippen LogP contribution in [0.4, 0.5) is 4.79 Å². The molecule has 24 heavy (non-hydrogen) atoms. The van der Waals surface area contributed by atoms with Gasteiger partial charge in [0.2, 0.25) is 0 Å². The molecule has 0 fully saturated rings. The molecule has 1 aromatic rings. The third kappa shape index (κ3) is 3.64. The highest BCUT2D eigenvalue weighted by molar-refractivity contribution is 9.09. The van der Waals surface area contributed by atoms with Crippen LogP contribution in [-0.2, 0) is 9.53 Å². The third-order valence-corrected chi connectivity index (χ3v) is 4.08. The van der Waals surface area contributed by atoms with Crippen molar-refractivity contribution in [1.82, 2.24) is 10.6 Å². The zero-order valence-electron chi connectivity index (χ0n) is 13.6. The molecule has 1 aliphatic rings. The number of halogens is 1. The molecule has 0 spiro atoms. The first-order valence-corrected chi connectivity index (χ1v) is 8.43. The van der Waals surface area contributed by atoms with Gasteiger partial charge in [-0.2, -0.15) is 0 Å². The predicted octanol–water partition coefficient (Wildman–Crippen LogP) is 2.27. The monoisotopic (exact) mass is 398 g/mol. The number of hydrogen-bond donors (Lipinski definition) is 2. The van der Waals surface area contributed by atoms with Crippen LogP contribution in [0, 0.1) is 0 Å². The van der Waals surface area contributed by atoms with Crippen molar-refractivity contribution < 1.29 is 23.8 Å². The Bertz CT molecular complexity index is 674. The first kappa shape index (κ1) is 18.1. The van der Waals surface area contributed by atoms with Crippen molar-refractivity contribution in [2.24, 2.45) is 0 Å². The van der Waals surface area contributed by atoms with Gasteiger partial charge in [0.1, 0.15) is 0 Å². The highest BCUT2D eigenvalue weighted by Crippen LogP contribution is 2.34. The Morgan fingerprint density at radius 1 is 1.25 bits per heavy atom. The van der Waals surface area contributed by atoms with Gasteiger partial charge in [-0.1, -0.05) is 22.0 Å². The van der Waals surface area contributed by atoms with Crippen LogP contribution in [0.3, 0.4) is 0 Å². The summed E-state index contributed by atoms with van der Waals surface area (Å²) in [5.74, 6) is 0.578. The van der Waals surface area contributed by atoms with Crippen LogP contribution < -0.4 is 20.1 Å². The lowest BCUT2D eigenvalue weighted by molar-refractivity contribution is -0.139. The fraction of sp³-hybridized carbons (Fsp3) is 0.375. The fourth-order valence-corrected chi connectivity index (χ4v) is 2.90. The van der Waals surface area contributed by atoms with E-state index in [1.165, 1.54) is 14.2 Å². The maximum Gasteiger partial charge on any atom is 0.338 e. The Kier molecular flexibility index (Phi) is 6.08. The number of methoxy groups -OCH3 is 2. The van der Waals surface area contributed by atoms with Crippen LogP contribution in [0.15, 0.2) is 29.5 Å². The van der Waals surface area contributed by atoms with E-state index in [0.29, 0.717) is 33.7 Å². The van der Waals surface area contributed by atoms with Crippen molar-refractivity contribution >= 4 is 27.9 Å². The van der Waals surface area contributed by atoms with E-state index in [4.69, 9.17) is 14.2 Å². The summed E-state index contributed by atoms with van der Waals surface area (Å²) >= 11 is 3.30. The van der Waals surface area contributed by atoms with Crippen LogP contribution in [0.1, 0.15) is 18.5 Å². The second-order valence-corrected chi connectivity index (χ2v) is 5.45. The number of ether oxygens (including phenoxy) is 3. The molecule has 1 aliphatic heterocycles. The van der Waals surface area contributed by atoms with Crippen LogP contribution >= 0.6 is 15.9 Å². The van der Waals surface area contributed by atoms with Gasteiger partial charge in [-0.15, -0.1) is 0 Å². The summed E-state index contributed by atoms with van der Waals surface area (Å²) in [5.41, 5.74) is 1.50. The summed E-state index contributed by atoms with van der Waals surface area (Å²) in [7, 11) is 3.06. The van der Waals surface area contributed by atoms with Crippen molar-refractivity contribution in [3.05, 3.63) is 35.0 Å². The number of allylic oxidation sites excluding steroid dienone is 1. The second kappa shape index (κ2) is 8.05. The lowest BCUT2D eigenvalue weighted by Crippen LogP contribution is -2.46. The highest BCUT2D eigenvalue weighted by atomic mass is 79.9. The lowest BCUT2D eigenvalue weighted by Gasteiger charge is -2.29. The minimum absolute atomic E-state index is 0.241. The summed E-state index contributed by atoms with van der Waals surface area (Å²) in [4.78, 5) is 24.3. The van der Waals surface area contributed by atoms with Gasteiger partial charge in [-0.3, -0.25) is 0 Å². The smallest absolute Gasteiger partial charge is 0.338 e. The van der Waals surface area contributed by atoms with E-state index in [1.807, 2.05) is 0 Å². The normalized spacial score (nSPS) is 17.0. The standard InChI is InChI=1S/C16H19BrN2O5/c1-4-24-15(20)13-10(8-17)18-16(21)19-14(13)9-5-6-11(22-2)12(7-9)23-3/h5-7,14H,4,8H2,1-3H3,(H2,18,19,21). The molecule has 0 saturated carbocycles. The van der Waals surface area contributed by atoms with Gasteiger partial charge in [0, 0.05) is 11.0 Å². The first-order valence-electron chi connectivity index (χ1n) is 7.31. The summed E-state index contributed by atoms with van der Waals surface area (Å²) < 4.78 is 15.7. The number of carbonyl (C=O) groups is 2. The number of urea groups is 1. The average molecular weight is 399 g/mol. The Morgan fingerprint density at radius 2 is 1.96 bits per heavy atom. The maximum absolute atomic E-state index is 12.4. The SMILES string of the molecule is CCOC(=O)C1=C(CBr)NC(=O)NC1c1ccc(OC)c(OC)c1. The van der Waals surface area contributed by atoms with E-state index < -0.39 is 18.0 Å². The molecule has 0 radical (unpaired) electrons. The van der Waals surface area contributed by atoms with Gasteiger partial charge < -0.3 is 24.8 Å². The number of hydrogen-bond acceptors (Lipinski definition) is 5. The van der Waals surface area contributed by atoms with Crippen LogP contribution in [0.2, 0.25) is 0 Å². The zero-order valence-corrected chi connectivity index (χ0v) is 15.2. The number of carbonyl (C=O) groups excluding carboxylic acids is 2. The predicted molar refractivity (Wildman–Crippen MR) is 91.4 cm³/mol. The van der Waals surface area contributed by atoms with E-state index in [9.17, 15) is 9.59 Å². The number of esters is 1. The summed E-state index contributed by atoms with van der Waals surface area (Å²) in [5, 5.41) is 5.70. The Hall–Kier alpha value is -2.22. The molecule has 2 N–H and O–H groups in total. The van der Waals surface area contributed by atoms with E-state index in [0.717, 1.165) is 0 Å². The highest BCUT2D eigenvalue weighted by Gasteiger charge is 2.33. The summed E-state index contributed by atoms with van der Waals surface area (Å²) in [6.45, 7) is 1.97. The number of benzene rings is 1. The van der Waals surface area contributed by atoms with Crippen LogP contribution in [0.25, 0.3) is 0 Å². The number of alkyl halides is 1. The van der Waals surface area contributed by atoms with Gasteiger partial charge in [0.25, 0.3) is 0 Å². The molecule has 1 heterocycles. The van der Waals surface area contributed by atoms with Gasteiger partial charge in [-0.05, 0) is 24.6 Å². The second-order valence-electron chi connectivity index (χ2n) is 4.89. The largest absolute Gasteiger partial charge is 0.493 e. The number of amides is 2. The van der Waals surface area contributed by atoms with Crippen LogP contribution in [-0.4, -0.2) is 38.2 Å². The molecule has 2 amide bonds. The minimum atomic E-state index is -0.648. The summed E-state index contributed by atoms with van der Waals surface area (Å²) in [6.07, 6.45) is 0. The molecule has 7 nitrogen and oxygen atoms in total. The third-order valence-electron chi connectivity index (χ3n) is 3.52. The molecule has 1 unspecified atom stereocenters. The van der Waals surface area contributed by atoms with Crippen molar-refractivity contribution in [1.29, 1.82) is 0 Å². The Morgan fingerprint density at radius 3 is 2.54 bits per heavy atom. The quantitative estimate of drug-likeness (QED) is 0.566. The fourth-order valence-electron chi connectivity index (χ4n) is 2.46. The molecule has 0 aliphatic carbocycles. The molecular formula is C16H19BrN2O5. The molecule has 0 aromatic heterocycles. The molecule has 1 atom stereocenters. The van der Waals surface area contributed by atoms with Gasteiger partial charge >= 0.3 is 12.0 Å². The van der Waals surface area contributed by atoms with E-state index in [1.54, 1.807) is 25.1 Å². The molecule has 130 valence electrons. The lowest BCUT2D eigenvalue weighted by atomic mass is 9.95.